The molecule has 5 nitrogen and oxygen atoms in total. The van der Waals surface area contributed by atoms with E-state index < -0.39 is 12.9 Å². The van der Waals surface area contributed by atoms with Gasteiger partial charge in [-0.15, -0.1) is 29.8 Å². The number of aliphatic imine (C=N–C) groups is 1. The number of nitrogens with zero attached hydrogens (tertiary/aromatic N) is 3. The monoisotopic (exact) mass is 657 g/mol. The van der Waals surface area contributed by atoms with Crippen LogP contribution in [0.2, 0.25) is 0 Å². The van der Waals surface area contributed by atoms with Crippen molar-refractivity contribution in [2.75, 3.05) is 6.61 Å². The van der Waals surface area contributed by atoms with Gasteiger partial charge in [0.1, 0.15) is 11.5 Å². The molecule has 0 amide bonds. The largest absolute Gasteiger partial charge is 2.00 e. The average molecular weight is 658 g/mol. The molecule has 0 bridgehead atoms. The van der Waals surface area contributed by atoms with Crippen LogP contribution in [-0.4, -0.2) is 28.1 Å². The summed E-state index contributed by atoms with van der Waals surface area (Å²) in [7, 11) is 0. The molecular formula is C30H25N3O2Pt. The summed E-state index contributed by atoms with van der Waals surface area (Å²) in [6.45, 7) is 3.83. The Morgan fingerprint density at radius 3 is 2.58 bits per heavy atom. The summed E-state index contributed by atoms with van der Waals surface area (Å²) >= 11 is 0. The fourth-order valence-corrected chi connectivity index (χ4v) is 4.53. The minimum absolute atomic E-state index is 0. The van der Waals surface area contributed by atoms with Gasteiger partial charge in [0, 0.05) is 32.6 Å². The third-order valence-electron chi connectivity index (χ3n) is 5.99. The molecular weight excluding hydrogens is 629 g/mol. The fraction of sp³-hybridized carbons (Fsp3) is 0.200. The second-order valence-corrected chi connectivity index (χ2v) is 8.94. The van der Waals surface area contributed by atoms with Gasteiger partial charge in [-0.25, -0.2) is 4.98 Å². The molecule has 0 aliphatic carbocycles. The number of fused-ring (bicyclic) bond motifs is 3. The summed E-state index contributed by atoms with van der Waals surface area (Å²) in [5.74, 6) is 1.26. The zero-order chi connectivity index (χ0) is 26.6. The van der Waals surface area contributed by atoms with Crippen LogP contribution in [0.4, 0.5) is 0 Å². The molecule has 182 valence electrons. The van der Waals surface area contributed by atoms with E-state index in [1.54, 1.807) is 6.20 Å². The number of hydrogen-bond donors (Lipinski definition) is 0. The van der Waals surface area contributed by atoms with Crippen LogP contribution < -0.4 is 4.74 Å². The Kier molecular flexibility index (Phi) is 5.50. The Hall–Kier alpha value is -3.43. The van der Waals surface area contributed by atoms with Gasteiger partial charge in [-0.3, -0.25) is 4.99 Å². The van der Waals surface area contributed by atoms with Crippen molar-refractivity contribution in [3.05, 3.63) is 95.2 Å². The van der Waals surface area contributed by atoms with Gasteiger partial charge in [0.25, 0.3) is 0 Å². The van der Waals surface area contributed by atoms with Gasteiger partial charge in [0.15, 0.2) is 0 Å². The summed E-state index contributed by atoms with van der Waals surface area (Å²) in [6.07, 6.45) is 1.80. The molecule has 0 radical (unpaired) electrons. The number of hydrogen-bond acceptors (Lipinski definition) is 4. The first-order valence-electron chi connectivity index (χ1n) is 13.0. The standard InChI is InChI=1S/C30H25N3O2.Pt/c1-18-7-8-28-27(14-18)26-6-5-9-31-29(26)33(28)23-11-20(3)13-25(16-23)35-24-12-19(2)10-22(15-24)30-32-21(4)17-34-30;/h5-14,21H,17H2,1-4H3;/q-2;+2/t21-;/m1./s1/i4D3;. The number of ether oxygens (including phenoxy) is 2. The molecule has 0 saturated carbocycles. The zero-order valence-electron chi connectivity index (χ0n) is 23.0. The van der Waals surface area contributed by atoms with Crippen LogP contribution in [0.5, 0.6) is 11.5 Å². The predicted molar refractivity (Wildman–Crippen MR) is 139 cm³/mol. The summed E-state index contributed by atoms with van der Waals surface area (Å²) in [4.78, 5) is 8.96. The van der Waals surface area contributed by atoms with Crippen LogP contribution in [0.15, 0.2) is 65.8 Å². The minimum Gasteiger partial charge on any atom is -0.518 e. The first-order chi connectivity index (χ1) is 18.2. The SMILES string of the molecule is [2H]C([2H])([2H])[C@@H]1COC(c2[c-]c(Oc3[c-]c(-n4c5ccc(C)cc5c5cccnc54)cc(C)c3)cc(C)c2)=N1.[Pt+2]. The molecule has 0 N–H and O–H groups in total. The maximum absolute atomic E-state index is 7.63. The van der Waals surface area contributed by atoms with E-state index in [2.05, 4.69) is 63.9 Å². The Morgan fingerprint density at radius 1 is 0.972 bits per heavy atom. The van der Waals surface area contributed by atoms with Crippen LogP contribution in [0.1, 0.15) is 33.2 Å². The van der Waals surface area contributed by atoms with Gasteiger partial charge in [0.2, 0.25) is 0 Å². The predicted octanol–water partition coefficient (Wildman–Crippen LogP) is 6.66. The molecule has 2 aromatic heterocycles. The van der Waals surface area contributed by atoms with Gasteiger partial charge in [-0.05, 0) is 38.0 Å². The summed E-state index contributed by atoms with van der Waals surface area (Å²) in [5, 5.41) is 2.21. The van der Waals surface area contributed by atoms with Crippen LogP contribution in [-0.2, 0) is 25.8 Å². The number of aromatic nitrogens is 2. The Morgan fingerprint density at radius 2 is 1.78 bits per heavy atom. The molecule has 36 heavy (non-hydrogen) atoms. The summed E-state index contributed by atoms with van der Waals surface area (Å²) in [6, 6.07) is 23.8. The molecule has 0 spiro atoms. The van der Waals surface area contributed by atoms with Gasteiger partial charge in [0.05, 0.1) is 18.2 Å². The molecule has 6 heteroatoms. The first-order valence-corrected chi connectivity index (χ1v) is 11.5. The number of rotatable bonds is 4. The van der Waals surface area contributed by atoms with Gasteiger partial charge < -0.3 is 14.0 Å². The molecule has 3 aromatic carbocycles. The number of pyridine rings is 1. The second kappa shape index (κ2) is 9.55. The number of benzene rings is 3. The molecule has 0 fully saturated rings. The van der Waals surface area contributed by atoms with E-state index in [0.717, 1.165) is 38.8 Å². The third kappa shape index (κ3) is 4.44. The van der Waals surface area contributed by atoms with Crippen LogP contribution in [0.25, 0.3) is 27.6 Å². The van der Waals surface area contributed by atoms with E-state index in [0.29, 0.717) is 17.1 Å². The maximum atomic E-state index is 7.63. The molecule has 1 aliphatic heterocycles. The molecule has 6 rings (SSSR count). The third-order valence-corrected chi connectivity index (χ3v) is 5.99. The Labute approximate surface area is 229 Å². The maximum Gasteiger partial charge on any atom is 2.00 e. The average Bonchev–Trinajstić information content (AvgIpc) is 3.47. The van der Waals surface area contributed by atoms with Gasteiger partial charge in [-0.2, -0.15) is 5.56 Å². The molecule has 1 atom stereocenters. The fourth-order valence-electron chi connectivity index (χ4n) is 4.53. The van der Waals surface area contributed by atoms with Crippen molar-refractivity contribution in [1.29, 1.82) is 0 Å². The topological polar surface area (TPSA) is 48.6 Å². The van der Waals surface area contributed by atoms with Crippen LogP contribution in [0, 0.1) is 32.9 Å². The number of aryl methyl sites for hydroxylation is 3. The van der Waals surface area contributed by atoms with E-state index in [4.69, 9.17) is 13.6 Å². The van der Waals surface area contributed by atoms with Crippen molar-refractivity contribution in [3.8, 4) is 17.2 Å². The summed E-state index contributed by atoms with van der Waals surface area (Å²) in [5.41, 5.74) is 6.37. The normalized spacial score (nSPS) is 16.6. The van der Waals surface area contributed by atoms with E-state index in [1.807, 2.05) is 38.1 Å². The van der Waals surface area contributed by atoms with E-state index in [9.17, 15) is 0 Å². The van der Waals surface area contributed by atoms with E-state index in [-0.39, 0.29) is 33.6 Å². The van der Waals surface area contributed by atoms with E-state index in [1.165, 1.54) is 5.56 Å². The van der Waals surface area contributed by atoms with Crippen molar-refractivity contribution < 1.29 is 34.7 Å². The van der Waals surface area contributed by atoms with Crippen molar-refractivity contribution >= 4 is 27.8 Å². The van der Waals surface area contributed by atoms with Crippen LogP contribution in [0.3, 0.4) is 0 Å². The quantitative estimate of drug-likeness (QED) is 0.203. The van der Waals surface area contributed by atoms with E-state index >= 15 is 0 Å². The second-order valence-electron chi connectivity index (χ2n) is 8.94. The minimum atomic E-state index is -2.21. The smallest absolute Gasteiger partial charge is 0.518 e. The van der Waals surface area contributed by atoms with Crippen molar-refractivity contribution in [1.82, 2.24) is 9.55 Å². The summed E-state index contributed by atoms with van der Waals surface area (Å²) < 4.78 is 36.8. The molecule has 1 aliphatic rings. The Balaban J connectivity index is 0.00000308. The van der Waals surface area contributed by atoms with Crippen molar-refractivity contribution in [2.24, 2.45) is 4.99 Å². The van der Waals surface area contributed by atoms with Crippen molar-refractivity contribution in [2.45, 2.75) is 33.7 Å². The molecule has 3 heterocycles. The molecule has 5 aromatic rings. The van der Waals surface area contributed by atoms with Crippen LogP contribution >= 0.6 is 0 Å². The van der Waals surface area contributed by atoms with Gasteiger partial charge >= 0.3 is 21.1 Å². The first kappa shape index (κ1) is 20.7. The van der Waals surface area contributed by atoms with Gasteiger partial charge in [-0.1, -0.05) is 48.9 Å². The molecule has 0 unspecified atom stereocenters. The Bertz CT molecular complexity index is 1740. The molecule has 0 saturated heterocycles. The van der Waals surface area contributed by atoms with Crippen molar-refractivity contribution in [3.63, 3.8) is 0 Å². The zero-order valence-corrected chi connectivity index (χ0v) is 22.3.